The van der Waals surface area contributed by atoms with Gasteiger partial charge in [-0.05, 0) is 48.6 Å². The Morgan fingerprint density at radius 3 is 2.70 bits per heavy atom. The van der Waals surface area contributed by atoms with Gasteiger partial charge in [0.05, 0.1) is 35.4 Å². The van der Waals surface area contributed by atoms with Crippen molar-refractivity contribution < 1.29 is 14.6 Å². The predicted octanol–water partition coefficient (Wildman–Crippen LogP) is 2.05. The molecule has 0 aliphatic carbocycles. The maximum atomic E-state index is 13.3. The monoisotopic (exact) mass is 467 g/mol. The van der Waals surface area contributed by atoms with Gasteiger partial charge in [-0.2, -0.15) is 0 Å². The number of carboxylic acids is 1. The topological polar surface area (TPSA) is 99.9 Å². The third-order valence-corrected chi connectivity index (χ3v) is 6.62. The molecule has 4 rings (SSSR count). The van der Waals surface area contributed by atoms with Crippen LogP contribution in [0, 0.1) is 0 Å². The molecule has 1 aliphatic heterocycles. The number of aromatic nitrogens is 3. The number of carboxylic acid groups (broad SMARTS) is 1. The number of morpholine rings is 1. The van der Waals surface area contributed by atoms with Crippen molar-refractivity contribution in [3.63, 3.8) is 0 Å². The van der Waals surface area contributed by atoms with Crippen LogP contribution in [0.25, 0.3) is 11.7 Å². The quantitative estimate of drug-likeness (QED) is 0.490. The van der Waals surface area contributed by atoms with Crippen LogP contribution >= 0.6 is 11.3 Å². The van der Waals surface area contributed by atoms with E-state index >= 15 is 0 Å². The van der Waals surface area contributed by atoms with E-state index in [1.165, 1.54) is 17.4 Å². The zero-order valence-corrected chi connectivity index (χ0v) is 19.9. The van der Waals surface area contributed by atoms with Crippen molar-refractivity contribution in [2.24, 2.45) is 0 Å². The summed E-state index contributed by atoms with van der Waals surface area (Å²) in [5.41, 5.74) is 2.62. The predicted molar refractivity (Wildman–Crippen MR) is 127 cm³/mol. The highest BCUT2D eigenvalue weighted by Gasteiger charge is 2.20. The summed E-state index contributed by atoms with van der Waals surface area (Å²) in [4.78, 5) is 36.0. The summed E-state index contributed by atoms with van der Waals surface area (Å²) >= 11 is 1.67. The summed E-state index contributed by atoms with van der Waals surface area (Å²) in [6.07, 6.45) is 4.66. The fraction of sp³-hybridized carbons (Fsp3) is 0.417. The van der Waals surface area contributed by atoms with Crippen LogP contribution in [0.4, 0.5) is 5.82 Å². The van der Waals surface area contributed by atoms with Crippen molar-refractivity contribution in [1.29, 1.82) is 0 Å². The molecule has 0 unspecified atom stereocenters. The van der Waals surface area contributed by atoms with Crippen molar-refractivity contribution in [2.75, 3.05) is 31.2 Å². The number of carbonyl (C=O) groups excluding carboxylic acids is 1. The van der Waals surface area contributed by atoms with E-state index < -0.39 is 5.97 Å². The molecule has 33 heavy (non-hydrogen) atoms. The average Bonchev–Trinajstić information content (AvgIpc) is 3.29. The van der Waals surface area contributed by atoms with Gasteiger partial charge in [0, 0.05) is 31.1 Å². The van der Waals surface area contributed by atoms with Crippen LogP contribution in [-0.4, -0.2) is 46.6 Å². The molecule has 0 aromatic carbocycles. The van der Waals surface area contributed by atoms with Gasteiger partial charge in [0.25, 0.3) is 5.56 Å². The molecule has 1 aliphatic rings. The highest BCUT2D eigenvalue weighted by atomic mass is 32.1. The molecule has 174 valence electrons. The highest BCUT2D eigenvalue weighted by molar-refractivity contribution is 7.09. The van der Waals surface area contributed by atoms with Gasteiger partial charge in [-0.25, -0.2) is 9.97 Å². The molecule has 0 spiro atoms. The first-order valence-electron chi connectivity index (χ1n) is 11.1. The fourth-order valence-electron chi connectivity index (χ4n) is 3.71. The van der Waals surface area contributed by atoms with E-state index in [-0.39, 0.29) is 16.7 Å². The smallest absolute Gasteiger partial charge is 0.267 e. The minimum Gasteiger partial charge on any atom is -0.545 e. The lowest BCUT2D eigenvalue weighted by Gasteiger charge is -2.29. The van der Waals surface area contributed by atoms with E-state index in [4.69, 9.17) is 14.7 Å². The lowest BCUT2D eigenvalue weighted by molar-refractivity contribution is -0.299. The van der Waals surface area contributed by atoms with Gasteiger partial charge in [0.2, 0.25) is 0 Å². The number of aliphatic carboxylic acids is 1. The minimum absolute atomic E-state index is 0.0239. The number of thiazole rings is 1. The number of hydrogen-bond acceptors (Lipinski definition) is 8. The summed E-state index contributed by atoms with van der Waals surface area (Å²) in [6, 6.07) is 3.82. The third kappa shape index (κ3) is 5.15. The lowest BCUT2D eigenvalue weighted by atomic mass is 10.1. The SMILES string of the molecule is C/C(=C\c1c(N2CCOCC2)nc2cc(CCc3nc(C(C)C)cs3)ccn2c1=O)C(=O)[O-]. The van der Waals surface area contributed by atoms with Crippen LogP contribution in [-0.2, 0) is 22.4 Å². The molecule has 8 nitrogen and oxygen atoms in total. The molecule has 9 heteroatoms. The highest BCUT2D eigenvalue weighted by Crippen LogP contribution is 2.22. The van der Waals surface area contributed by atoms with Gasteiger partial charge >= 0.3 is 0 Å². The molecule has 0 bridgehead atoms. The first-order valence-corrected chi connectivity index (χ1v) is 11.9. The molecule has 3 aromatic heterocycles. The number of carbonyl (C=O) groups is 1. The number of aryl methyl sites for hydroxylation is 2. The van der Waals surface area contributed by atoms with E-state index in [2.05, 4.69) is 19.2 Å². The Morgan fingerprint density at radius 1 is 1.27 bits per heavy atom. The van der Waals surface area contributed by atoms with E-state index in [0.29, 0.717) is 43.7 Å². The molecule has 0 N–H and O–H groups in total. The first-order chi connectivity index (χ1) is 15.8. The van der Waals surface area contributed by atoms with Gasteiger partial charge in [0.1, 0.15) is 11.5 Å². The maximum Gasteiger partial charge on any atom is 0.267 e. The Bertz CT molecular complexity index is 1260. The van der Waals surface area contributed by atoms with Crippen LogP contribution in [0.2, 0.25) is 0 Å². The van der Waals surface area contributed by atoms with Gasteiger partial charge in [0.15, 0.2) is 0 Å². The fourth-order valence-corrected chi connectivity index (χ4v) is 4.67. The maximum absolute atomic E-state index is 13.3. The Kier molecular flexibility index (Phi) is 6.90. The summed E-state index contributed by atoms with van der Waals surface area (Å²) in [5, 5.41) is 14.5. The molecule has 3 aromatic rings. The van der Waals surface area contributed by atoms with Gasteiger partial charge in [-0.3, -0.25) is 9.20 Å². The zero-order chi connectivity index (χ0) is 23.5. The number of fused-ring (bicyclic) bond motifs is 1. The van der Waals surface area contributed by atoms with Gasteiger partial charge < -0.3 is 19.5 Å². The van der Waals surface area contributed by atoms with Crippen molar-refractivity contribution in [3.05, 3.63) is 61.5 Å². The van der Waals surface area contributed by atoms with Crippen molar-refractivity contribution in [3.8, 4) is 0 Å². The number of rotatable bonds is 7. The van der Waals surface area contributed by atoms with Crippen LogP contribution in [0.1, 0.15) is 48.5 Å². The number of anilines is 1. The molecule has 0 saturated carbocycles. The molecule has 1 fully saturated rings. The van der Waals surface area contributed by atoms with Crippen LogP contribution in [0.3, 0.4) is 0 Å². The summed E-state index contributed by atoms with van der Waals surface area (Å²) in [7, 11) is 0. The summed E-state index contributed by atoms with van der Waals surface area (Å²) in [5.74, 6) is -0.428. The number of nitrogens with zero attached hydrogens (tertiary/aromatic N) is 4. The van der Waals surface area contributed by atoms with E-state index in [1.54, 1.807) is 17.5 Å². The van der Waals surface area contributed by atoms with Gasteiger partial charge in [-0.15, -0.1) is 11.3 Å². The molecular formula is C24H27N4O4S-. The summed E-state index contributed by atoms with van der Waals surface area (Å²) in [6.45, 7) is 7.89. The van der Waals surface area contributed by atoms with Crippen LogP contribution in [0.15, 0.2) is 34.1 Å². The third-order valence-electron chi connectivity index (χ3n) is 5.69. The van der Waals surface area contributed by atoms with E-state index in [0.717, 1.165) is 29.1 Å². The molecule has 0 amide bonds. The average molecular weight is 468 g/mol. The van der Waals surface area contributed by atoms with Crippen LogP contribution < -0.4 is 15.6 Å². The number of pyridine rings is 1. The summed E-state index contributed by atoms with van der Waals surface area (Å²) < 4.78 is 6.89. The second-order valence-electron chi connectivity index (χ2n) is 8.45. The number of ether oxygens (including phenoxy) is 1. The molecule has 1 saturated heterocycles. The first kappa shape index (κ1) is 23.1. The molecule has 4 heterocycles. The number of hydrogen-bond donors (Lipinski definition) is 0. The Labute approximate surface area is 196 Å². The second-order valence-corrected chi connectivity index (χ2v) is 9.40. The van der Waals surface area contributed by atoms with Crippen molar-refractivity contribution in [2.45, 2.75) is 39.5 Å². The zero-order valence-electron chi connectivity index (χ0n) is 19.0. The van der Waals surface area contributed by atoms with Crippen molar-refractivity contribution >= 4 is 34.8 Å². The Balaban J connectivity index is 1.70. The van der Waals surface area contributed by atoms with E-state index in [1.807, 2.05) is 17.0 Å². The molecular weight excluding hydrogens is 440 g/mol. The molecule has 0 atom stereocenters. The standard InChI is InChI=1S/C24H28N4O4S/c1-15(2)19-14-33-21(25-19)5-4-17-6-7-28-20(13-17)26-22(27-8-10-32-11-9-27)18(23(28)29)12-16(3)24(30)31/h6-7,12-15H,4-5,8-11H2,1-3H3,(H,30,31)/p-1/b16-12+. The molecule has 0 radical (unpaired) electrons. The second kappa shape index (κ2) is 9.84. The normalized spacial score (nSPS) is 14.9. The largest absolute Gasteiger partial charge is 0.545 e. The van der Waals surface area contributed by atoms with Gasteiger partial charge in [-0.1, -0.05) is 13.8 Å². The lowest BCUT2D eigenvalue weighted by Crippen LogP contribution is -2.38. The van der Waals surface area contributed by atoms with E-state index in [9.17, 15) is 14.7 Å². The minimum atomic E-state index is -1.31. The Hall–Kier alpha value is -3.04. The van der Waals surface area contributed by atoms with Crippen LogP contribution in [0.5, 0.6) is 0 Å². The van der Waals surface area contributed by atoms with Crippen molar-refractivity contribution in [1.82, 2.24) is 14.4 Å². The Morgan fingerprint density at radius 2 is 2.03 bits per heavy atom.